The normalized spacial score (nSPS) is 19.1. The van der Waals surface area contributed by atoms with Crippen molar-refractivity contribution in [2.24, 2.45) is 0 Å². The Morgan fingerprint density at radius 2 is 1.92 bits per heavy atom. The van der Waals surface area contributed by atoms with Crippen LogP contribution in [0.3, 0.4) is 0 Å². The Labute approximate surface area is 215 Å². The molecule has 1 atom stereocenters. The summed E-state index contributed by atoms with van der Waals surface area (Å²) in [7, 11) is 0. The highest BCUT2D eigenvalue weighted by Crippen LogP contribution is 2.34. The van der Waals surface area contributed by atoms with Crippen LogP contribution in [0.25, 0.3) is 11.0 Å². The van der Waals surface area contributed by atoms with Crippen LogP contribution in [0.4, 0.5) is 5.95 Å². The molecule has 2 aliphatic heterocycles. The van der Waals surface area contributed by atoms with E-state index in [1.807, 2.05) is 33.7 Å². The summed E-state index contributed by atoms with van der Waals surface area (Å²) < 4.78 is 1.99. The van der Waals surface area contributed by atoms with Crippen LogP contribution in [-0.2, 0) is 4.79 Å². The Hall–Kier alpha value is -3.30. The second-order valence-electron chi connectivity index (χ2n) is 9.34. The minimum Gasteiger partial charge on any atom is -0.337 e. The summed E-state index contributed by atoms with van der Waals surface area (Å²) in [6.07, 6.45) is 11.8. The molecular formula is C26H30ClN7O2. The van der Waals surface area contributed by atoms with Crippen LogP contribution in [0.2, 0.25) is 5.02 Å². The largest absolute Gasteiger partial charge is 0.337 e. The lowest BCUT2D eigenvalue weighted by Crippen LogP contribution is -2.35. The average Bonchev–Trinajstić information content (AvgIpc) is 3.46. The topological polar surface area (TPSA) is 96.2 Å². The SMILES string of the molecule is O=C(Nc1nc2cccc(Cl)c2n1C1CCCCN(C(=O)/C=C/CN2CCCC2)C1)c1ccnnc1. The number of amides is 2. The third-order valence-corrected chi connectivity index (χ3v) is 7.18. The standard InChI is InChI=1S/C26H30ClN7O2/c27-21-8-5-9-22-24(21)34(26(30-22)31-25(36)19-11-12-28-29-17-19)20-7-1-2-16-33(18-20)23(35)10-6-15-32-13-3-4-14-32/h5-6,8-12,17,20H,1-4,7,13-16,18H2,(H,30,31,36)/b10-6+. The number of halogens is 1. The van der Waals surface area contributed by atoms with Gasteiger partial charge in [0.05, 0.1) is 40.1 Å². The van der Waals surface area contributed by atoms with Crippen molar-refractivity contribution in [3.63, 3.8) is 0 Å². The van der Waals surface area contributed by atoms with Crippen molar-refractivity contribution in [2.45, 2.75) is 38.1 Å². The third kappa shape index (κ3) is 5.42. The zero-order chi connectivity index (χ0) is 24.9. The van der Waals surface area contributed by atoms with E-state index in [1.54, 1.807) is 12.1 Å². The number of imidazole rings is 1. The molecule has 2 aliphatic rings. The zero-order valence-electron chi connectivity index (χ0n) is 20.1. The molecule has 2 amide bonds. The van der Waals surface area contributed by atoms with E-state index in [0.717, 1.165) is 44.4 Å². The highest BCUT2D eigenvalue weighted by molar-refractivity contribution is 6.35. The molecule has 1 aromatic carbocycles. The van der Waals surface area contributed by atoms with Gasteiger partial charge >= 0.3 is 0 Å². The van der Waals surface area contributed by atoms with Crippen molar-refractivity contribution in [1.29, 1.82) is 0 Å². The van der Waals surface area contributed by atoms with Crippen LogP contribution in [0.1, 0.15) is 48.5 Å². The van der Waals surface area contributed by atoms with Crippen molar-refractivity contribution >= 4 is 40.4 Å². The average molecular weight is 508 g/mol. The molecule has 5 rings (SSSR count). The lowest BCUT2D eigenvalue weighted by Gasteiger charge is -2.26. The molecule has 1 N–H and O–H groups in total. The van der Waals surface area contributed by atoms with Gasteiger partial charge < -0.3 is 9.47 Å². The smallest absolute Gasteiger partial charge is 0.259 e. The molecule has 1 unspecified atom stereocenters. The van der Waals surface area contributed by atoms with Crippen LogP contribution >= 0.6 is 11.6 Å². The predicted octanol–water partition coefficient (Wildman–Crippen LogP) is 3.94. The van der Waals surface area contributed by atoms with Gasteiger partial charge in [-0.25, -0.2) is 4.98 Å². The first-order valence-electron chi connectivity index (χ1n) is 12.5. The van der Waals surface area contributed by atoms with Gasteiger partial charge in [-0.05, 0) is 63.4 Å². The highest BCUT2D eigenvalue weighted by Gasteiger charge is 2.27. The van der Waals surface area contributed by atoms with Crippen LogP contribution in [0.5, 0.6) is 0 Å². The quantitative estimate of drug-likeness (QED) is 0.508. The van der Waals surface area contributed by atoms with Gasteiger partial charge in [-0.2, -0.15) is 10.2 Å². The minimum atomic E-state index is -0.330. The van der Waals surface area contributed by atoms with Crippen LogP contribution in [-0.4, -0.2) is 74.1 Å². The Morgan fingerprint density at radius 3 is 2.72 bits per heavy atom. The van der Waals surface area contributed by atoms with Crippen molar-refractivity contribution in [2.75, 3.05) is 38.0 Å². The van der Waals surface area contributed by atoms with Gasteiger partial charge in [-0.15, -0.1) is 0 Å². The van der Waals surface area contributed by atoms with Crippen LogP contribution in [0.15, 0.2) is 48.8 Å². The molecule has 0 aliphatic carbocycles. The van der Waals surface area contributed by atoms with Gasteiger partial charge in [0.1, 0.15) is 0 Å². The van der Waals surface area contributed by atoms with Gasteiger partial charge in [0.15, 0.2) is 0 Å². The maximum atomic E-state index is 13.1. The molecule has 36 heavy (non-hydrogen) atoms. The number of anilines is 1. The monoisotopic (exact) mass is 507 g/mol. The number of carbonyl (C=O) groups is 2. The van der Waals surface area contributed by atoms with Gasteiger partial charge in [0.2, 0.25) is 11.9 Å². The Balaban J connectivity index is 1.41. The molecule has 10 heteroatoms. The minimum absolute atomic E-state index is 0.0186. The fourth-order valence-electron chi connectivity index (χ4n) is 5.05. The second-order valence-corrected chi connectivity index (χ2v) is 9.75. The summed E-state index contributed by atoms with van der Waals surface area (Å²) in [6.45, 7) is 4.23. The van der Waals surface area contributed by atoms with Gasteiger partial charge in [0, 0.05) is 25.7 Å². The fraction of sp³-hybridized carbons (Fsp3) is 0.423. The first kappa shape index (κ1) is 24.4. The summed E-state index contributed by atoms with van der Waals surface area (Å²) in [4.78, 5) is 35.0. The number of rotatable bonds is 6. The zero-order valence-corrected chi connectivity index (χ0v) is 20.9. The summed E-state index contributed by atoms with van der Waals surface area (Å²) in [6, 6.07) is 7.06. The molecule has 0 radical (unpaired) electrons. The van der Waals surface area contributed by atoms with E-state index in [9.17, 15) is 9.59 Å². The number of para-hydroxylation sites is 1. The van der Waals surface area contributed by atoms with Crippen LogP contribution in [0, 0.1) is 0 Å². The van der Waals surface area contributed by atoms with Crippen LogP contribution < -0.4 is 5.32 Å². The van der Waals surface area contributed by atoms with Crippen molar-refractivity contribution in [3.8, 4) is 0 Å². The number of carbonyl (C=O) groups excluding carboxylic acids is 2. The van der Waals surface area contributed by atoms with E-state index in [-0.39, 0.29) is 17.9 Å². The Bertz CT molecular complexity index is 1250. The van der Waals surface area contributed by atoms with Gasteiger partial charge in [-0.3, -0.25) is 19.8 Å². The highest BCUT2D eigenvalue weighted by atomic mass is 35.5. The lowest BCUT2D eigenvalue weighted by atomic mass is 10.1. The van der Waals surface area contributed by atoms with E-state index in [2.05, 4.69) is 20.4 Å². The van der Waals surface area contributed by atoms with Gasteiger partial charge in [0.25, 0.3) is 5.91 Å². The summed E-state index contributed by atoms with van der Waals surface area (Å²) in [5, 5.41) is 11.0. The maximum Gasteiger partial charge on any atom is 0.259 e. The predicted molar refractivity (Wildman–Crippen MR) is 139 cm³/mol. The third-order valence-electron chi connectivity index (χ3n) is 6.88. The van der Waals surface area contributed by atoms with Crippen molar-refractivity contribution < 1.29 is 9.59 Å². The number of fused-ring (bicyclic) bond motifs is 1. The van der Waals surface area contributed by atoms with E-state index in [0.29, 0.717) is 35.1 Å². The number of hydrogen-bond acceptors (Lipinski definition) is 6. The molecule has 9 nitrogen and oxygen atoms in total. The summed E-state index contributed by atoms with van der Waals surface area (Å²) in [5.41, 5.74) is 1.83. The number of likely N-dealkylation sites (tertiary alicyclic amines) is 2. The van der Waals surface area contributed by atoms with E-state index >= 15 is 0 Å². The second kappa shape index (κ2) is 11.2. The lowest BCUT2D eigenvalue weighted by molar-refractivity contribution is -0.126. The molecule has 2 aromatic heterocycles. The Kier molecular flexibility index (Phi) is 7.58. The molecule has 0 spiro atoms. The molecule has 3 aromatic rings. The molecule has 0 saturated carbocycles. The number of benzene rings is 1. The summed E-state index contributed by atoms with van der Waals surface area (Å²) in [5.74, 6) is 0.0952. The first-order valence-corrected chi connectivity index (χ1v) is 12.9. The van der Waals surface area contributed by atoms with E-state index in [1.165, 1.54) is 25.2 Å². The number of nitrogens with one attached hydrogen (secondary N) is 1. The maximum absolute atomic E-state index is 13.1. The molecule has 2 saturated heterocycles. The van der Waals surface area contributed by atoms with Crippen molar-refractivity contribution in [1.82, 2.24) is 29.5 Å². The molecule has 188 valence electrons. The summed E-state index contributed by atoms with van der Waals surface area (Å²) >= 11 is 6.63. The first-order chi connectivity index (χ1) is 17.6. The molecular weight excluding hydrogens is 478 g/mol. The van der Waals surface area contributed by atoms with E-state index in [4.69, 9.17) is 16.6 Å². The Morgan fingerprint density at radius 1 is 1.08 bits per heavy atom. The van der Waals surface area contributed by atoms with Gasteiger partial charge in [-0.1, -0.05) is 23.7 Å². The number of aromatic nitrogens is 4. The fourth-order valence-corrected chi connectivity index (χ4v) is 5.31. The van der Waals surface area contributed by atoms with E-state index < -0.39 is 0 Å². The van der Waals surface area contributed by atoms with Crippen molar-refractivity contribution in [3.05, 3.63) is 59.4 Å². The number of nitrogens with zero attached hydrogens (tertiary/aromatic N) is 6. The molecule has 2 fully saturated rings. The molecule has 4 heterocycles. The number of hydrogen-bond donors (Lipinski definition) is 1. The molecule has 0 bridgehead atoms.